The number of benzene rings is 1. The molecule has 4 heteroatoms. The minimum Gasteiger partial charge on any atom is -0.377 e. The topological polar surface area (TPSA) is 47.6 Å². The van der Waals surface area contributed by atoms with Crippen LogP contribution in [0.1, 0.15) is 11.7 Å². The van der Waals surface area contributed by atoms with E-state index in [4.69, 9.17) is 9.47 Å². The molecule has 86 valence electrons. The monoisotopic (exact) mass is 221 g/mol. The molecule has 1 unspecified atom stereocenters. The average Bonchev–Trinajstić information content (AvgIpc) is 2.26. The molecule has 0 spiro atoms. The van der Waals surface area contributed by atoms with Gasteiger partial charge in [0.15, 0.2) is 6.10 Å². The van der Waals surface area contributed by atoms with Crippen molar-refractivity contribution in [3.05, 3.63) is 35.9 Å². The molecule has 1 aromatic rings. The maximum Gasteiger partial charge on any atom is 0.254 e. The molecule has 0 radical (unpaired) electrons. The van der Waals surface area contributed by atoms with Crippen molar-refractivity contribution >= 4 is 5.91 Å². The van der Waals surface area contributed by atoms with Crippen LogP contribution in [0.5, 0.6) is 0 Å². The fraction of sp³-hybridized carbons (Fsp3) is 0.417. The Morgan fingerprint density at radius 3 is 2.62 bits per heavy atom. The van der Waals surface area contributed by atoms with Crippen LogP contribution in [0, 0.1) is 0 Å². The molecule has 4 nitrogen and oxygen atoms in total. The lowest BCUT2D eigenvalue weighted by atomic mass is 10.1. The highest BCUT2D eigenvalue weighted by atomic mass is 16.5. The maximum atomic E-state index is 11.9. The van der Waals surface area contributed by atoms with E-state index in [0.717, 1.165) is 5.56 Å². The van der Waals surface area contributed by atoms with E-state index < -0.39 is 6.10 Å². The number of rotatable bonds is 4. The molecule has 1 heterocycles. The predicted molar refractivity (Wildman–Crippen MR) is 58.9 cm³/mol. The number of carbonyl (C=O) groups excluding carboxylic acids is 1. The van der Waals surface area contributed by atoms with Crippen molar-refractivity contribution in [2.45, 2.75) is 12.1 Å². The van der Waals surface area contributed by atoms with E-state index in [0.29, 0.717) is 13.2 Å². The lowest BCUT2D eigenvalue weighted by Gasteiger charge is -2.28. The zero-order valence-electron chi connectivity index (χ0n) is 9.18. The maximum absolute atomic E-state index is 11.9. The molecule has 1 atom stereocenters. The van der Waals surface area contributed by atoms with Crippen molar-refractivity contribution in [2.24, 2.45) is 0 Å². The van der Waals surface area contributed by atoms with E-state index in [1.807, 2.05) is 30.3 Å². The molecular weight excluding hydrogens is 206 g/mol. The van der Waals surface area contributed by atoms with Crippen molar-refractivity contribution < 1.29 is 14.3 Å². The molecule has 1 aromatic carbocycles. The van der Waals surface area contributed by atoms with E-state index in [2.05, 4.69) is 5.32 Å². The van der Waals surface area contributed by atoms with Gasteiger partial charge < -0.3 is 14.8 Å². The highest BCUT2D eigenvalue weighted by Crippen LogP contribution is 2.16. The molecule has 1 saturated heterocycles. The molecular formula is C12H15NO3. The first-order chi connectivity index (χ1) is 7.81. The Labute approximate surface area is 94.6 Å². The Hall–Kier alpha value is -1.39. The van der Waals surface area contributed by atoms with E-state index in [-0.39, 0.29) is 11.9 Å². The van der Waals surface area contributed by atoms with Gasteiger partial charge in [0.25, 0.3) is 5.91 Å². The highest BCUT2D eigenvalue weighted by molar-refractivity contribution is 5.82. The van der Waals surface area contributed by atoms with Crippen molar-refractivity contribution in [1.29, 1.82) is 0 Å². The van der Waals surface area contributed by atoms with Crippen LogP contribution < -0.4 is 5.32 Å². The van der Waals surface area contributed by atoms with Crippen LogP contribution in [-0.2, 0) is 14.3 Å². The minimum atomic E-state index is -0.540. The largest absolute Gasteiger partial charge is 0.377 e. The summed E-state index contributed by atoms with van der Waals surface area (Å²) in [5.74, 6) is -0.109. The van der Waals surface area contributed by atoms with Crippen molar-refractivity contribution in [1.82, 2.24) is 5.32 Å². The second-order valence-electron chi connectivity index (χ2n) is 3.77. The molecule has 1 aliphatic heterocycles. The standard InChI is InChI=1S/C12H15NO3/c1-15-11(9-5-3-2-4-6-9)12(14)13-10-7-16-8-10/h2-6,10-11H,7-8H2,1H3,(H,13,14). The second kappa shape index (κ2) is 5.09. The molecule has 0 bridgehead atoms. The van der Waals surface area contributed by atoms with Gasteiger partial charge >= 0.3 is 0 Å². The minimum absolute atomic E-state index is 0.109. The Bertz CT molecular complexity index is 349. The fourth-order valence-corrected chi connectivity index (χ4v) is 1.62. The van der Waals surface area contributed by atoms with Crippen LogP contribution in [0.2, 0.25) is 0 Å². The molecule has 0 aromatic heterocycles. The number of amides is 1. The summed E-state index contributed by atoms with van der Waals surface area (Å²) < 4.78 is 10.2. The Balaban J connectivity index is 2.01. The third kappa shape index (κ3) is 2.40. The molecule has 16 heavy (non-hydrogen) atoms. The first kappa shape index (κ1) is 11.1. The normalized spacial score (nSPS) is 17.6. The van der Waals surface area contributed by atoms with Gasteiger partial charge in [0.2, 0.25) is 0 Å². The van der Waals surface area contributed by atoms with Crippen LogP contribution in [0.4, 0.5) is 0 Å². The summed E-state index contributed by atoms with van der Waals surface area (Å²) in [7, 11) is 1.54. The van der Waals surface area contributed by atoms with E-state index in [1.165, 1.54) is 7.11 Å². The number of hydrogen-bond acceptors (Lipinski definition) is 3. The molecule has 0 aliphatic carbocycles. The van der Waals surface area contributed by atoms with Crippen LogP contribution >= 0.6 is 0 Å². The third-order valence-corrected chi connectivity index (χ3v) is 2.56. The second-order valence-corrected chi connectivity index (χ2v) is 3.77. The summed E-state index contributed by atoms with van der Waals surface area (Å²) in [4.78, 5) is 11.9. The summed E-state index contributed by atoms with van der Waals surface area (Å²) in [5.41, 5.74) is 0.864. The number of hydrogen-bond donors (Lipinski definition) is 1. The first-order valence-corrected chi connectivity index (χ1v) is 5.27. The summed E-state index contributed by atoms with van der Waals surface area (Å²) >= 11 is 0. The Morgan fingerprint density at radius 2 is 2.12 bits per heavy atom. The smallest absolute Gasteiger partial charge is 0.254 e. The van der Waals surface area contributed by atoms with Gasteiger partial charge in [0.05, 0.1) is 19.3 Å². The van der Waals surface area contributed by atoms with E-state index in [1.54, 1.807) is 0 Å². The molecule has 1 fully saturated rings. The molecule has 1 amide bonds. The fourth-order valence-electron chi connectivity index (χ4n) is 1.62. The Morgan fingerprint density at radius 1 is 1.44 bits per heavy atom. The van der Waals surface area contributed by atoms with E-state index in [9.17, 15) is 4.79 Å². The highest BCUT2D eigenvalue weighted by Gasteiger charge is 2.26. The third-order valence-electron chi connectivity index (χ3n) is 2.56. The summed E-state index contributed by atoms with van der Waals surface area (Å²) in [5, 5.41) is 2.88. The SMILES string of the molecule is COC(C(=O)NC1COC1)c1ccccc1. The molecule has 1 aliphatic rings. The Kier molecular flexibility index (Phi) is 3.54. The molecule has 2 rings (SSSR count). The quantitative estimate of drug-likeness (QED) is 0.821. The van der Waals surface area contributed by atoms with Gasteiger partial charge in [0, 0.05) is 7.11 Å². The summed E-state index contributed by atoms with van der Waals surface area (Å²) in [6.07, 6.45) is -0.540. The summed E-state index contributed by atoms with van der Waals surface area (Å²) in [6.45, 7) is 1.19. The summed E-state index contributed by atoms with van der Waals surface area (Å²) in [6, 6.07) is 9.58. The van der Waals surface area contributed by atoms with Gasteiger partial charge in [-0.1, -0.05) is 30.3 Å². The lowest BCUT2D eigenvalue weighted by Crippen LogP contribution is -2.50. The van der Waals surface area contributed by atoms with Gasteiger partial charge in [-0.3, -0.25) is 4.79 Å². The van der Waals surface area contributed by atoms with Crippen LogP contribution in [0.3, 0.4) is 0 Å². The van der Waals surface area contributed by atoms with Crippen molar-refractivity contribution in [2.75, 3.05) is 20.3 Å². The van der Waals surface area contributed by atoms with Crippen LogP contribution in [0.25, 0.3) is 0 Å². The van der Waals surface area contributed by atoms with Gasteiger partial charge in [0.1, 0.15) is 0 Å². The lowest BCUT2D eigenvalue weighted by molar-refractivity contribution is -0.135. The number of methoxy groups -OCH3 is 1. The molecule has 0 saturated carbocycles. The number of carbonyl (C=O) groups is 1. The number of ether oxygens (including phenoxy) is 2. The average molecular weight is 221 g/mol. The van der Waals surface area contributed by atoms with E-state index >= 15 is 0 Å². The van der Waals surface area contributed by atoms with Gasteiger partial charge in [-0.25, -0.2) is 0 Å². The van der Waals surface area contributed by atoms with Crippen LogP contribution in [-0.4, -0.2) is 32.3 Å². The van der Waals surface area contributed by atoms with Crippen molar-refractivity contribution in [3.63, 3.8) is 0 Å². The zero-order chi connectivity index (χ0) is 11.4. The van der Waals surface area contributed by atoms with Crippen molar-refractivity contribution in [3.8, 4) is 0 Å². The van der Waals surface area contributed by atoms with Gasteiger partial charge in [-0.15, -0.1) is 0 Å². The predicted octanol–water partition coefficient (Wildman–Crippen LogP) is 0.889. The first-order valence-electron chi connectivity index (χ1n) is 5.27. The van der Waals surface area contributed by atoms with Crippen LogP contribution in [0.15, 0.2) is 30.3 Å². The van der Waals surface area contributed by atoms with Gasteiger partial charge in [-0.05, 0) is 5.56 Å². The van der Waals surface area contributed by atoms with Gasteiger partial charge in [-0.2, -0.15) is 0 Å². The molecule has 1 N–H and O–H groups in total. The zero-order valence-corrected chi connectivity index (χ0v) is 9.18. The number of nitrogens with one attached hydrogen (secondary N) is 1.